The largest absolute Gasteiger partial charge is 0.352 e. The number of carbonyl (C=O) groups excluding carboxylic acids is 1. The summed E-state index contributed by atoms with van der Waals surface area (Å²) in [5, 5.41) is 8.62. The van der Waals surface area contributed by atoms with Gasteiger partial charge in [-0.2, -0.15) is 0 Å². The van der Waals surface area contributed by atoms with E-state index in [1.165, 1.54) is 38.7 Å². The second-order valence-electron chi connectivity index (χ2n) is 7.15. The molecule has 0 atom stereocenters. The van der Waals surface area contributed by atoms with Crippen molar-refractivity contribution in [1.29, 1.82) is 0 Å². The number of halogens is 1. The van der Waals surface area contributed by atoms with E-state index in [9.17, 15) is 9.59 Å². The van der Waals surface area contributed by atoms with Crippen LogP contribution in [0.1, 0.15) is 29.7 Å². The Bertz CT molecular complexity index is 1310. The molecular formula is C20H18ClN5O2S. The van der Waals surface area contributed by atoms with E-state index >= 15 is 0 Å². The summed E-state index contributed by atoms with van der Waals surface area (Å²) in [6.07, 6.45) is 7.05. The molecule has 0 aliphatic heterocycles. The number of aryl methyl sites for hydroxylation is 2. The lowest BCUT2D eigenvalue weighted by molar-refractivity contribution is -0.117. The number of nitrogens with one attached hydrogen (secondary N) is 1. The summed E-state index contributed by atoms with van der Waals surface area (Å²) in [5.74, 6) is -0.364. The Labute approximate surface area is 174 Å². The summed E-state index contributed by atoms with van der Waals surface area (Å²) in [4.78, 5) is 32.0. The summed E-state index contributed by atoms with van der Waals surface area (Å²) >= 11 is 7.78. The second kappa shape index (κ2) is 7.27. The van der Waals surface area contributed by atoms with E-state index in [-0.39, 0.29) is 18.1 Å². The molecule has 1 aliphatic carbocycles. The first-order chi connectivity index (χ1) is 14.1. The third kappa shape index (κ3) is 3.22. The zero-order valence-corrected chi connectivity index (χ0v) is 17.1. The Morgan fingerprint density at radius 1 is 1.21 bits per heavy atom. The molecule has 1 aromatic carbocycles. The van der Waals surface area contributed by atoms with Crippen molar-refractivity contribution in [3.63, 3.8) is 0 Å². The number of carbonyl (C=O) groups is 1. The lowest BCUT2D eigenvalue weighted by Gasteiger charge is -2.06. The van der Waals surface area contributed by atoms with Crippen LogP contribution in [-0.4, -0.2) is 25.1 Å². The maximum absolute atomic E-state index is 12.8. The molecule has 148 valence electrons. The topological polar surface area (TPSA) is 81.3 Å². The molecule has 3 aromatic heterocycles. The van der Waals surface area contributed by atoms with Gasteiger partial charge in [0.1, 0.15) is 17.7 Å². The zero-order valence-electron chi connectivity index (χ0n) is 15.5. The van der Waals surface area contributed by atoms with Crippen LogP contribution in [0, 0.1) is 0 Å². The van der Waals surface area contributed by atoms with Gasteiger partial charge in [-0.1, -0.05) is 30.2 Å². The maximum atomic E-state index is 12.8. The summed E-state index contributed by atoms with van der Waals surface area (Å²) < 4.78 is 2.62. The third-order valence-electron chi connectivity index (χ3n) is 5.23. The summed E-state index contributed by atoms with van der Waals surface area (Å²) in [6, 6.07) is 6.97. The fraction of sp³-hybridized carbons (Fsp3) is 0.300. The van der Waals surface area contributed by atoms with E-state index in [0.29, 0.717) is 16.4 Å². The molecule has 5 rings (SSSR count). The van der Waals surface area contributed by atoms with E-state index in [4.69, 9.17) is 11.6 Å². The molecule has 4 aromatic rings. The van der Waals surface area contributed by atoms with Crippen molar-refractivity contribution in [2.45, 2.75) is 38.6 Å². The monoisotopic (exact) mass is 427 g/mol. The van der Waals surface area contributed by atoms with Gasteiger partial charge in [-0.25, -0.2) is 18.9 Å². The Kier molecular flexibility index (Phi) is 4.60. The van der Waals surface area contributed by atoms with Crippen LogP contribution in [-0.2, 0) is 24.2 Å². The number of rotatable bonds is 3. The van der Waals surface area contributed by atoms with Crippen molar-refractivity contribution in [2.24, 2.45) is 0 Å². The number of nitrogens with zero attached hydrogens (tertiary/aromatic N) is 4. The summed E-state index contributed by atoms with van der Waals surface area (Å²) in [5.41, 5.74) is 1.96. The molecule has 29 heavy (non-hydrogen) atoms. The molecule has 0 fully saturated rings. The molecule has 0 unspecified atom stereocenters. The van der Waals surface area contributed by atoms with Crippen LogP contribution in [0.3, 0.4) is 0 Å². The molecular weight excluding hydrogens is 410 g/mol. The highest BCUT2D eigenvalue weighted by Gasteiger charge is 2.21. The smallest absolute Gasteiger partial charge is 0.323 e. The maximum Gasteiger partial charge on any atom is 0.352 e. The molecule has 1 amide bonds. The van der Waals surface area contributed by atoms with Crippen LogP contribution in [0.25, 0.3) is 15.9 Å². The average molecular weight is 428 g/mol. The number of fused-ring (bicyclic) bond motifs is 5. The van der Waals surface area contributed by atoms with E-state index in [2.05, 4.69) is 15.4 Å². The first-order valence-corrected chi connectivity index (χ1v) is 10.7. The summed E-state index contributed by atoms with van der Waals surface area (Å²) in [7, 11) is 0. The molecule has 0 saturated carbocycles. The number of aromatic nitrogens is 4. The number of hydrogen-bond donors (Lipinski definition) is 1. The van der Waals surface area contributed by atoms with Crippen LogP contribution < -0.4 is 11.0 Å². The molecule has 7 nitrogen and oxygen atoms in total. The van der Waals surface area contributed by atoms with Gasteiger partial charge in [0.25, 0.3) is 0 Å². The predicted octanol–water partition coefficient (Wildman–Crippen LogP) is 3.67. The van der Waals surface area contributed by atoms with Crippen molar-refractivity contribution in [3.05, 3.63) is 56.5 Å². The first-order valence-electron chi connectivity index (χ1n) is 9.54. The second-order valence-corrected chi connectivity index (χ2v) is 8.64. The Morgan fingerprint density at radius 3 is 2.90 bits per heavy atom. The molecule has 0 radical (unpaired) electrons. The van der Waals surface area contributed by atoms with E-state index in [1.807, 2.05) is 0 Å². The van der Waals surface area contributed by atoms with Crippen LogP contribution in [0.15, 0.2) is 35.4 Å². The van der Waals surface area contributed by atoms with Crippen molar-refractivity contribution < 1.29 is 4.79 Å². The number of anilines is 1. The molecule has 0 bridgehead atoms. The Morgan fingerprint density at radius 2 is 2.03 bits per heavy atom. The SMILES string of the molecule is O=C(Cn1nc2c3c4c(sc3ncn2c1=O)CCCCC4)Nc1ccccc1Cl. The fourth-order valence-corrected chi connectivity index (χ4v) is 5.25. The highest BCUT2D eigenvalue weighted by atomic mass is 35.5. The number of amides is 1. The number of benzene rings is 1. The van der Waals surface area contributed by atoms with Crippen molar-refractivity contribution in [1.82, 2.24) is 19.2 Å². The van der Waals surface area contributed by atoms with E-state index in [1.54, 1.807) is 35.6 Å². The molecule has 1 aliphatic rings. The lowest BCUT2D eigenvalue weighted by atomic mass is 10.1. The van der Waals surface area contributed by atoms with Gasteiger partial charge in [-0.3, -0.25) is 4.79 Å². The van der Waals surface area contributed by atoms with Crippen molar-refractivity contribution in [3.8, 4) is 0 Å². The van der Waals surface area contributed by atoms with E-state index < -0.39 is 0 Å². The quantitative estimate of drug-likeness (QED) is 0.506. The molecule has 1 N–H and O–H groups in total. The van der Waals surface area contributed by atoms with Gasteiger partial charge in [0, 0.05) is 4.88 Å². The average Bonchev–Trinajstić information content (AvgIpc) is 3.11. The van der Waals surface area contributed by atoms with Gasteiger partial charge in [0.05, 0.1) is 16.1 Å². The van der Waals surface area contributed by atoms with Crippen LogP contribution in [0.5, 0.6) is 0 Å². The normalized spacial score (nSPS) is 14.1. The highest BCUT2D eigenvalue weighted by molar-refractivity contribution is 7.19. The number of hydrogen-bond acceptors (Lipinski definition) is 5. The third-order valence-corrected chi connectivity index (χ3v) is 6.76. The van der Waals surface area contributed by atoms with Crippen molar-refractivity contribution in [2.75, 3.05) is 5.32 Å². The zero-order chi connectivity index (χ0) is 20.0. The van der Waals surface area contributed by atoms with Gasteiger partial charge in [0.15, 0.2) is 5.65 Å². The number of thiophene rings is 1. The fourth-order valence-electron chi connectivity index (χ4n) is 3.85. The van der Waals surface area contributed by atoms with Gasteiger partial charge in [-0.15, -0.1) is 16.4 Å². The van der Waals surface area contributed by atoms with Crippen LogP contribution in [0.4, 0.5) is 5.69 Å². The van der Waals surface area contributed by atoms with Crippen molar-refractivity contribution >= 4 is 50.4 Å². The van der Waals surface area contributed by atoms with Gasteiger partial charge in [-0.05, 0) is 43.4 Å². The summed E-state index contributed by atoms with van der Waals surface area (Å²) in [6.45, 7) is -0.195. The standard InChI is InChI=1S/C20H18ClN5O2S/c21-13-7-4-5-8-14(13)23-16(27)10-26-20(28)25-11-22-19-17(18(25)24-26)12-6-2-1-3-9-15(12)29-19/h4-5,7-8,11H,1-3,6,9-10H2,(H,23,27). The van der Waals surface area contributed by atoms with Gasteiger partial charge < -0.3 is 5.32 Å². The van der Waals surface area contributed by atoms with Gasteiger partial charge in [0.2, 0.25) is 5.91 Å². The van der Waals surface area contributed by atoms with Crippen LogP contribution in [0.2, 0.25) is 5.02 Å². The minimum absolute atomic E-state index is 0.195. The molecule has 0 saturated heterocycles. The predicted molar refractivity (Wildman–Crippen MR) is 114 cm³/mol. The van der Waals surface area contributed by atoms with E-state index in [0.717, 1.165) is 29.5 Å². The Balaban J connectivity index is 1.53. The lowest BCUT2D eigenvalue weighted by Crippen LogP contribution is -2.28. The number of para-hydroxylation sites is 1. The molecule has 9 heteroatoms. The van der Waals surface area contributed by atoms with Crippen LogP contribution >= 0.6 is 22.9 Å². The Hall–Kier alpha value is -2.71. The molecule has 3 heterocycles. The van der Waals surface area contributed by atoms with Gasteiger partial charge >= 0.3 is 5.69 Å². The minimum Gasteiger partial charge on any atom is -0.323 e. The minimum atomic E-state index is -0.378. The highest BCUT2D eigenvalue weighted by Crippen LogP contribution is 2.35. The first kappa shape index (κ1) is 18.3. The molecule has 0 spiro atoms.